The molecule has 0 aliphatic carbocycles. The highest BCUT2D eigenvalue weighted by atomic mass is 16.5. The predicted octanol–water partition coefficient (Wildman–Crippen LogP) is 1.68. The molecule has 1 N–H and O–H groups in total. The van der Waals surface area contributed by atoms with Crippen LogP contribution in [0, 0.1) is 0 Å². The molecule has 0 saturated carbocycles. The van der Waals surface area contributed by atoms with Gasteiger partial charge in [0.1, 0.15) is 5.75 Å². The summed E-state index contributed by atoms with van der Waals surface area (Å²) in [4.78, 5) is 2.10. The molecule has 0 aromatic heterocycles. The fourth-order valence-electron chi connectivity index (χ4n) is 1.76. The van der Waals surface area contributed by atoms with Crippen LogP contribution in [0.15, 0.2) is 18.2 Å². The maximum Gasteiger partial charge on any atom is 0.123 e. The highest BCUT2D eigenvalue weighted by molar-refractivity contribution is 5.37. The molecule has 90 valence electrons. The van der Waals surface area contributed by atoms with Crippen LogP contribution in [0.2, 0.25) is 0 Å². The normalized spacial score (nSPS) is 12.9. The van der Waals surface area contributed by atoms with Crippen LogP contribution in [0.25, 0.3) is 0 Å². The van der Waals surface area contributed by atoms with Gasteiger partial charge in [0.2, 0.25) is 0 Å². The van der Waals surface area contributed by atoms with E-state index in [1.807, 2.05) is 26.2 Å². The number of aliphatic hydroxyl groups excluding tert-OH is 1. The van der Waals surface area contributed by atoms with Crippen molar-refractivity contribution in [1.82, 2.24) is 4.90 Å². The van der Waals surface area contributed by atoms with Gasteiger partial charge in [-0.05, 0) is 39.1 Å². The van der Waals surface area contributed by atoms with Crippen LogP contribution < -0.4 is 4.74 Å². The van der Waals surface area contributed by atoms with Crippen molar-refractivity contribution in [3.8, 4) is 5.75 Å². The fraction of sp³-hybridized carbons (Fsp3) is 0.538. The van der Waals surface area contributed by atoms with Crippen LogP contribution in [-0.4, -0.2) is 37.3 Å². The molecular formula is C13H21NO2. The number of hydrogen-bond acceptors (Lipinski definition) is 3. The molecule has 0 aliphatic heterocycles. The number of hydrogen-bond donors (Lipinski definition) is 1. The van der Waals surface area contributed by atoms with Crippen LogP contribution >= 0.6 is 0 Å². The van der Waals surface area contributed by atoms with E-state index in [2.05, 4.69) is 11.0 Å². The Hall–Kier alpha value is -1.06. The predicted molar refractivity (Wildman–Crippen MR) is 65.8 cm³/mol. The smallest absolute Gasteiger partial charge is 0.123 e. The van der Waals surface area contributed by atoms with Crippen molar-refractivity contribution < 1.29 is 9.84 Å². The molecule has 0 aliphatic rings. The van der Waals surface area contributed by atoms with E-state index >= 15 is 0 Å². The molecule has 1 unspecified atom stereocenters. The number of ether oxygens (including phenoxy) is 1. The third-order valence-electron chi connectivity index (χ3n) is 2.36. The first-order chi connectivity index (χ1) is 7.52. The van der Waals surface area contributed by atoms with E-state index in [0.29, 0.717) is 6.42 Å². The van der Waals surface area contributed by atoms with Gasteiger partial charge in [0.15, 0.2) is 0 Å². The highest BCUT2D eigenvalue weighted by Crippen LogP contribution is 2.21. The average molecular weight is 223 g/mol. The van der Waals surface area contributed by atoms with E-state index in [1.54, 1.807) is 14.0 Å². The molecule has 1 aromatic carbocycles. The van der Waals surface area contributed by atoms with Gasteiger partial charge in [0.25, 0.3) is 0 Å². The molecule has 1 aromatic rings. The molecule has 0 fully saturated rings. The lowest BCUT2D eigenvalue weighted by Crippen LogP contribution is -2.12. The van der Waals surface area contributed by atoms with E-state index < -0.39 is 0 Å². The SMILES string of the molecule is COc1ccc(CC(C)O)cc1CN(C)C. The number of nitrogens with zero attached hydrogens (tertiary/aromatic N) is 1. The van der Waals surface area contributed by atoms with E-state index in [4.69, 9.17) is 4.74 Å². The van der Waals surface area contributed by atoms with Crippen molar-refractivity contribution in [2.24, 2.45) is 0 Å². The van der Waals surface area contributed by atoms with Crippen molar-refractivity contribution in [3.63, 3.8) is 0 Å². The lowest BCUT2D eigenvalue weighted by atomic mass is 10.0. The van der Waals surface area contributed by atoms with Crippen molar-refractivity contribution in [2.45, 2.75) is 26.0 Å². The lowest BCUT2D eigenvalue weighted by molar-refractivity contribution is 0.195. The third kappa shape index (κ3) is 3.83. The van der Waals surface area contributed by atoms with Gasteiger partial charge in [0.05, 0.1) is 13.2 Å². The Morgan fingerprint density at radius 1 is 1.38 bits per heavy atom. The molecule has 0 heterocycles. The summed E-state index contributed by atoms with van der Waals surface area (Å²) in [7, 11) is 5.74. The Kier molecular flexibility index (Phi) is 4.77. The van der Waals surface area contributed by atoms with E-state index in [9.17, 15) is 5.11 Å². The van der Waals surface area contributed by atoms with Gasteiger partial charge < -0.3 is 14.7 Å². The van der Waals surface area contributed by atoms with Gasteiger partial charge in [-0.2, -0.15) is 0 Å². The standard InChI is InChI=1S/C13H21NO2/c1-10(15)7-11-5-6-13(16-4)12(8-11)9-14(2)3/h5-6,8,10,15H,7,9H2,1-4H3. The Balaban J connectivity index is 2.91. The molecule has 0 spiro atoms. The minimum atomic E-state index is -0.305. The summed E-state index contributed by atoms with van der Waals surface area (Å²) in [6, 6.07) is 6.08. The molecule has 16 heavy (non-hydrogen) atoms. The molecule has 3 nitrogen and oxygen atoms in total. The molecule has 1 rings (SSSR count). The largest absolute Gasteiger partial charge is 0.496 e. The summed E-state index contributed by atoms with van der Waals surface area (Å²) in [6.07, 6.45) is 0.380. The molecule has 3 heteroatoms. The van der Waals surface area contributed by atoms with Crippen molar-refractivity contribution in [3.05, 3.63) is 29.3 Å². The molecule has 0 saturated heterocycles. The summed E-state index contributed by atoms with van der Waals surface area (Å²) in [5, 5.41) is 9.36. The summed E-state index contributed by atoms with van der Waals surface area (Å²) in [5.41, 5.74) is 2.30. The summed E-state index contributed by atoms with van der Waals surface area (Å²) < 4.78 is 5.32. The van der Waals surface area contributed by atoms with Gasteiger partial charge in [-0.3, -0.25) is 0 Å². The quantitative estimate of drug-likeness (QED) is 0.824. The van der Waals surface area contributed by atoms with Crippen LogP contribution in [0.3, 0.4) is 0 Å². The van der Waals surface area contributed by atoms with Crippen LogP contribution in [-0.2, 0) is 13.0 Å². The third-order valence-corrected chi connectivity index (χ3v) is 2.36. The molecule has 0 radical (unpaired) electrons. The van der Waals surface area contributed by atoms with Gasteiger partial charge in [-0.25, -0.2) is 0 Å². The Labute approximate surface area is 97.7 Å². The Morgan fingerprint density at radius 3 is 2.56 bits per heavy atom. The molecular weight excluding hydrogens is 202 g/mol. The topological polar surface area (TPSA) is 32.7 Å². The zero-order chi connectivity index (χ0) is 12.1. The maximum atomic E-state index is 9.36. The van der Waals surface area contributed by atoms with E-state index in [1.165, 1.54) is 0 Å². The Morgan fingerprint density at radius 2 is 2.06 bits per heavy atom. The maximum absolute atomic E-state index is 9.36. The van der Waals surface area contributed by atoms with Crippen molar-refractivity contribution in [2.75, 3.05) is 21.2 Å². The summed E-state index contributed by atoms with van der Waals surface area (Å²) in [6.45, 7) is 2.65. The van der Waals surface area contributed by atoms with Gasteiger partial charge >= 0.3 is 0 Å². The lowest BCUT2D eigenvalue weighted by Gasteiger charge is -2.15. The number of methoxy groups -OCH3 is 1. The summed E-state index contributed by atoms with van der Waals surface area (Å²) in [5.74, 6) is 0.906. The Bertz CT molecular complexity index is 335. The van der Waals surface area contributed by atoms with Crippen molar-refractivity contribution >= 4 is 0 Å². The summed E-state index contributed by atoms with van der Waals surface area (Å²) >= 11 is 0. The highest BCUT2D eigenvalue weighted by Gasteiger charge is 2.07. The van der Waals surface area contributed by atoms with E-state index in [-0.39, 0.29) is 6.10 Å². The molecule has 0 bridgehead atoms. The van der Waals surface area contributed by atoms with Gasteiger partial charge in [0, 0.05) is 12.1 Å². The minimum Gasteiger partial charge on any atom is -0.496 e. The first kappa shape index (κ1) is 13.0. The fourth-order valence-corrected chi connectivity index (χ4v) is 1.76. The molecule has 1 atom stereocenters. The minimum absolute atomic E-state index is 0.305. The number of rotatable bonds is 5. The molecule has 0 amide bonds. The first-order valence-corrected chi connectivity index (χ1v) is 5.51. The second-order valence-corrected chi connectivity index (χ2v) is 4.44. The van der Waals surface area contributed by atoms with Crippen LogP contribution in [0.5, 0.6) is 5.75 Å². The average Bonchev–Trinajstić information content (AvgIpc) is 2.16. The zero-order valence-corrected chi connectivity index (χ0v) is 10.5. The second-order valence-electron chi connectivity index (χ2n) is 4.44. The zero-order valence-electron chi connectivity index (χ0n) is 10.5. The number of benzene rings is 1. The van der Waals surface area contributed by atoms with Crippen molar-refractivity contribution in [1.29, 1.82) is 0 Å². The first-order valence-electron chi connectivity index (χ1n) is 5.51. The number of aliphatic hydroxyl groups is 1. The monoisotopic (exact) mass is 223 g/mol. The van der Waals surface area contributed by atoms with E-state index in [0.717, 1.165) is 23.4 Å². The van der Waals surface area contributed by atoms with Gasteiger partial charge in [-0.15, -0.1) is 0 Å². The van der Waals surface area contributed by atoms with Gasteiger partial charge in [-0.1, -0.05) is 12.1 Å². The second kappa shape index (κ2) is 5.87. The van der Waals surface area contributed by atoms with Crippen LogP contribution in [0.4, 0.5) is 0 Å². The van der Waals surface area contributed by atoms with Crippen LogP contribution in [0.1, 0.15) is 18.1 Å².